The quantitative estimate of drug-likeness (QED) is 0.130. The SMILES string of the molecule is C/C(I)=C/C1=C2CN(c3c(C)cc(C(C)(C)C)cc3C)c3c(oc4ccc(C)cc34)B2c2ccc3c4c2N1c1cc2c(cc1C4(C)CCC3(C)C)C(C)(C)CCC2(C)C. The van der Waals surface area contributed by atoms with Crippen LogP contribution in [0.3, 0.4) is 0 Å². The predicted octanol–water partition coefficient (Wildman–Crippen LogP) is 13.7. The molecule has 1 aromatic heterocycles. The van der Waals surface area contributed by atoms with Crippen LogP contribution in [0, 0.1) is 20.8 Å². The molecule has 1 unspecified atom stereocenters. The van der Waals surface area contributed by atoms with E-state index in [0.717, 1.165) is 24.2 Å². The van der Waals surface area contributed by atoms with Crippen molar-refractivity contribution in [2.45, 2.75) is 150 Å². The van der Waals surface area contributed by atoms with Crippen LogP contribution in [0.4, 0.5) is 22.7 Å². The Morgan fingerprint density at radius 3 is 2.00 bits per heavy atom. The first-order valence-corrected chi connectivity index (χ1v) is 23.3. The van der Waals surface area contributed by atoms with Gasteiger partial charge in [0.05, 0.1) is 17.0 Å². The van der Waals surface area contributed by atoms with E-state index in [4.69, 9.17) is 4.42 Å². The number of benzene rings is 4. The highest BCUT2D eigenvalue weighted by atomic mass is 127. The summed E-state index contributed by atoms with van der Waals surface area (Å²) >= 11 is 2.56. The minimum absolute atomic E-state index is 0.00851. The third-order valence-corrected chi connectivity index (χ3v) is 16.0. The number of halogens is 1. The summed E-state index contributed by atoms with van der Waals surface area (Å²) in [5.74, 6) is 0. The van der Waals surface area contributed by atoms with Crippen LogP contribution in [0.5, 0.6) is 0 Å². The smallest absolute Gasteiger partial charge is 0.292 e. The molecule has 10 rings (SSSR count). The highest BCUT2D eigenvalue weighted by Crippen LogP contribution is 2.62. The number of fused-ring (bicyclic) bond motifs is 10. The van der Waals surface area contributed by atoms with E-state index < -0.39 is 0 Å². The summed E-state index contributed by atoms with van der Waals surface area (Å²) in [5.41, 5.74) is 24.6. The van der Waals surface area contributed by atoms with Crippen molar-refractivity contribution in [2.24, 2.45) is 0 Å². The van der Waals surface area contributed by atoms with Crippen LogP contribution >= 0.6 is 22.6 Å². The van der Waals surface area contributed by atoms with Crippen LogP contribution < -0.4 is 20.9 Å². The molecule has 3 nitrogen and oxygen atoms in total. The number of nitrogens with zero attached hydrogens (tertiary/aromatic N) is 2. The topological polar surface area (TPSA) is 19.6 Å². The molecule has 0 saturated carbocycles. The molecule has 3 aliphatic heterocycles. The minimum atomic E-state index is -0.113. The fourth-order valence-corrected chi connectivity index (χ4v) is 12.4. The van der Waals surface area contributed by atoms with Gasteiger partial charge < -0.3 is 14.2 Å². The molecule has 4 heterocycles. The van der Waals surface area contributed by atoms with Gasteiger partial charge in [-0.05, 0) is 181 Å². The standard InChI is InChI=1S/C54H62BIN2O/c1-30-15-18-44-35(23-30)47-49(59-44)55-40-17-16-36-45-48(40)58(43(26-33(4)56)41(55)29-57(47)46-31(2)24-34(25-32(46)3)50(5,6)7)42-28-38-37(52(10,11)19-20-53(38,12)13)27-39(42)54(45,14)22-21-51(36,8)9/h15-18,23-28H,19-22,29H2,1-14H3/b33-26-. The first-order valence-electron chi connectivity index (χ1n) is 22.2. The van der Waals surface area contributed by atoms with Crippen molar-refractivity contribution in [3.8, 4) is 0 Å². The van der Waals surface area contributed by atoms with Crippen molar-refractivity contribution in [3.05, 3.63) is 125 Å². The van der Waals surface area contributed by atoms with Crippen LogP contribution in [0.2, 0.25) is 0 Å². The summed E-state index contributed by atoms with van der Waals surface area (Å²) in [4.78, 5) is 5.40. The lowest BCUT2D eigenvalue weighted by atomic mass is 9.34. The van der Waals surface area contributed by atoms with E-state index in [1.54, 1.807) is 11.1 Å². The third-order valence-electron chi connectivity index (χ3n) is 15.7. The van der Waals surface area contributed by atoms with Crippen LogP contribution in [-0.2, 0) is 27.1 Å². The van der Waals surface area contributed by atoms with Gasteiger partial charge in [-0.25, -0.2) is 0 Å². The number of aryl methyl sites for hydroxylation is 3. The second-order valence-electron chi connectivity index (χ2n) is 22.3. The molecule has 0 spiro atoms. The Bertz CT molecular complexity index is 2720. The molecule has 4 aromatic carbocycles. The second kappa shape index (κ2) is 12.5. The lowest BCUT2D eigenvalue weighted by Crippen LogP contribution is -2.59. The molecular weight excluding hydrogens is 830 g/mol. The van der Waals surface area contributed by atoms with Crippen LogP contribution in [-0.4, -0.2) is 13.3 Å². The maximum Gasteiger partial charge on any atom is 0.292 e. The molecule has 59 heavy (non-hydrogen) atoms. The zero-order chi connectivity index (χ0) is 42.1. The average molecular weight is 893 g/mol. The van der Waals surface area contributed by atoms with E-state index in [2.05, 4.69) is 190 Å². The van der Waals surface area contributed by atoms with Gasteiger partial charge in [0.2, 0.25) is 0 Å². The monoisotopic (exact) mass is 892 g/mol. The first-order chi connectivity index (χ1) is 27.5. The lowest BCUT2D eigenvalue weighted by molar-refractivity contribution is 0.327. The molecular formula is C54H62BIN2O. The van der Waals surface area contributed by atoms with E-state index in [-0.39, 0.29) is 33.8 Å². The molecule has 5 aliphatic rings. The Balaban J connectivity index is 1.35. The molecule has 0 amide bonds. The molecule has 0 bridgehead atoms. The van der Waals surface area contributed by atoms with Crippen molar-refractivity contribution >= 4 is 74.1 Å². The number of allylic oxidation sites excluding steroid dienone is 2. The highest BCUT2D eigenvalue weighted by molar-refractivity contribution is 14.1. The number of rotatable bonds is 2. The van der Waals surface area contributed by atoms with Crippen molar-refractivity contribution in [2.75, 3.05) is 16.3 Å². The Morgan fingerprint density at radius 1 is 0.729 bits per heavy atom. The number of hydrogen-bond acceptors (Lipinski definition) is 3. The zero-order valence-electron chi connectivity index (χ0n) is 38.1. The van der Waals surface area contributed by atoms with Crippen LogP contribution in [0.1, 0.15) is 152 Å². The maximum atomic E-state index is 7.30. The number of hydrogen-bond donors (Lipinski definition) is 0. The summed E-state index contributed by atoms with van der Waals surface area (Å²) in [6, 6.07) is 22.1. The molecule has 0 radical (unpaired) electrons. The fourth-order valence-electron chi connectivity index (χ4n) is 12.1. The van der Waals surface area contributed by atoms with Gasteiger partial charge in [0.1, 0.15) is 5.58 Å². The van der Waals surface area contributed by atoms with Gasteiger partial charge in [-0.3, -0.25) is 0 Å². The number of furan rings is 1. The summed E-state index contributed by atoms with van der Waals surface area (Å²) < 4.78 is 8.59. The van der Waals surface area contributed by atoms with Gasteiger partial charge in [0.15, 0.2) is 0 Å². The van der Waals surface area contributed by atoms with E-state index >= 15 is 0 Å². The molecule has 5 aromatic rings. The predicted molar refractivity (Wildman–Crippen MR) is 261 cm³/mol. The summed E-state index contributed by atoms with van der Waals surface area (Å²) in [5, 5.41) is 1.21. The fraction of sp³-hybridized carbons (Fsp3) is 0.444. The van der Waals surface area contributed by atoms with E-state index in [0.29, 0.717) is 0 Å². The molecule has 0 saturated heterocycles. The Morgan fingerprint density at radius 2 is 1.36 bits per heavy atom. The minimum Gasteiger partial charge on any atom is -0.468 e. The van der Waals surface area contributed by atoms with E-state index in [1.807, 2.05) is 0 Å². The molecule has 2 aliphatic carbocycles. The van der Waals surface area contributed by atoms with Crippen LogP contribution in [0.15, 0.2) is 79.8 Å². The van der Waals surface area contributed by atoms with Gasteiger partial charge >= 0.3 is 0 Å². The first kappa shape index (κ1) is 39.4. The molecule has 0 fully saturated rings. The van der Waals surface area contributed by atoms with Crippen molar-refractivity contribution < 1.29 is 4.42 Å². The highest BCUT2D eigenvalue weighted by Gasteiger charge is 2.55. The van der Waals surface area contributed by atoms with Crippen molar-refractivity contribution in [1.82, 2.24) is 0 Å². The molecule has 0 N–H and O–H groups in total. The van der Waals surface area contributed by atoms with Crippen molar-refractivity contribution in [3.63, 3.8) is 0 Å². The van der Waals surface area contributed by atoms with E-state index in [1.165, 1.54) is 107 Å². The maximum absolute atomic E-state index is 7.30. The Labute approximate surface area is 367 Å². The largest absolute Gasteiger partial charge is 0.468 e. The summed E-state index contributed by atoms with van der Waals surface area (Å²) in [6.45, 7) is 34.4. The zero-order valence-corrected chi connectivity index (χ0v) is 40.2. The van der Waals surface area contributed by atoms with Crippen molar-refractivity contribution in [1.29, 1.82) is 0 Å². The molecule has 1 atom stereocenters. The normalized spacial score (nSPS) is 22.2. The van der Waals surface area contributed by atoms with E-state index in [9.17, 15) is 0 Å². The van der Waals surface area contributed by atoms with Gasteiger partial charge in [0.25, 0.3) is 6.71 Å². The van der Waals surface area contributed by atoms with Gasteiger partial charge in [-0.2, -0.15) is 0 Å². The summed E-state index contributed by atoms with van der Waals surface area (Å²) in [6.07, 6.45) is 7.21. The number of anilines is 4. The third kappa shape index (κ3) is 5.50. The van der Waals surface area contributed by atoms with Crippen LogP contribution in [0.25, 0.3) is 11.0 Å². The Kier molecular flexibility index (Phi) is 8.32. The molecule has 5 heteroatoms. The summed E-state index contributed by atoms with van der Waals surface area (Å²) in [7, 11) is 0. The second-order valence-corrected chi connectivity index (χ2v) is 24.0. The van der Waals surface area contributed by atoms with Gasteiger partial charge in [-0.15, -0.1) is 0 Å². The average Bonchev–Trinajstić information content (AvgIpc) is 3.52. The lowest BCUT2D eigenvalue weighted by Gasteiger charge is -2.55. The van der Waals surface area contributed by atoms with Gasteiger partial charge in [0, 0.05) is 34.4 Å². The Hall–Kier alpha value is -3.71. The van der Waals surface area contributed by atoms with Gasteiger partial charge in [-0.1, -0.05) is 111 Å². The molecule has 304 valence electrons.